The molecule has 2 aromatic rings. The van der Waals surface area contributed by atoms with E-state index < -0.39 is 0 Å². The van der Waals surface area contributed by atoms with Gasteiger partial charge in [-0.1, -0.05) is 18.2 Å². The van der Waals surface area contributed by atoms with E-state index in [1.54, 1.807) is 12.3 Å². The van der Waals surface area contributed by atoms with E-state index in [9.17, 15) is 4.79 Å². The Bertz CT molecular complexity index is 608. The van der Waals surface area contributed by atoms with Crippen molar-refractivity contribution >= 4 is 5.69 Å². The fraction of sp³-hybridized carbons (Fsp3) is 0.375. The summed E-state index contributed by atoms with van der Waals surface area (Å²) in [5, 5.41) is 7.32. The highest BCUT2D eigenvalue weighted by atomic mass is 16.5. The van der Waals surface area contributed by atoms with Crippen LogP contribution >= 0.6 is 0 Å². The summed E-state index contributed by atoms with van der Waals surface area (Å²) in [7, 11) is 0. The van der Waals surface area contributed by atoms with Crippen molar-refractivity contribution in [2.24, 2.45) is 0 Å². The average molecular weight is 287 g/mol. The van der Waals surface area contributed by atoms with E-state index in [0.29, 0.717) is 13.2 Å². The number of anilines is 1. The van der Waals surface area contributed by atoms with Gasteiger partial charge in [0.15, 0.2) is 0 Å². The molecule has 112 valence electrons. The first kappa shape index (κ1) is 15.1. The molecule has 21 heavy (non-hydrogen) atoms. The standard InChI is InChI=1S/C16H21N3O2/c1-13(2)18-14-11-16(20)19(17-12-14)9-6-10-21-15-7-4-3-5-8-15/h3-5,7-8,11-13,18H,6,9-10H2,1-2H3. The molecule has 5 heteroatoms. The maximum atomic E-state index is 11.9. The van der Waals surface area contributed by atoms with Crippen molar-refractivity contribution in [1.29, 1.82) is 0 Å². The first-order valence-electron chi connectivity index (χ1n) is 7.17. The van der Waals surface area contributed by atoms with Crippen LogP contribution in [0.5, 0.6) is 5.75 Å². The quantitative estimate of drug-likeness (QED) is 0.795. The van der Waals surface area contributed by atoms with E-state index in [2.05, 4.69) is 10.4 Å². The van der Waals surface area contributed by atoms with Gasteiger partial charge in [-0.25, -0.2) is 4.68 Å². The molecule has 0 atom stereocenters. The smallest absolute Gasteiger partial charge is 0.268 e. The van der Waals surface area contributed by atoms with Gasteiger partial charge in [0.25, 0.3) is 5.56 Å². The molecule has 0 amide bonds. The SMILES string of the molecule is CC(C)Nc1cnn(CCCOc2ccccc2)c(=O)c1. The lowest BCUT2D eigenvalue weighted by Crippen LogP contribution is -2.24. The van der Waals surface area contributed by atoms with Gasteiger partial charge in [-0.15, -0.1) is 0 Å². The lowest BCUT2D eigenvalue weighted by Gasteiger charge is -2.10. The van der Waals surface area contributed by atoms with E-state index in [0.717, 1.165) is 17.9 Å². The number of rotatable bonds is 7. The maximum absolute atomic E-state index is 11.9. The zero-order valence-electron chi connectivity index (χ0n) is 12.5. The summed E-state index contributed by atoms with van der Waals surface area (Å²) in [5.41, 5.74) is 0.659. The lowest BCUT2D eigenvalue weighted by atomic mass is 10.3. The van der Waals surface area contributed by atoms with Gasteiger partial charge in [-0.3, -0.25) is 4.79 Å². The number of benzene rings is 1. The van der Waals surface area contributed by atoms with Crippen LogP contribution in [0.1, 0.15) is 20.3 Å². The van der Waals surface area contributed by atoms with Crippen LogP contribution in [-0.4, -0.2) is 22.4 Å². The fourth-order valence-corrected chi connectivity index (χ4v) is 1.93. The molecule has 0 aliphatic carbocycles. The molecule has 0 saturated heterocycles. The van der Waals surface area contributed by atoms with Crippen LogP contribution in [0.4, 0.5) is 5.69 Å². The van der Waals surface area contributed by atoms with Crippen molar-refractivity contribution in [2.45, 2.75) is 32.9 Å². The Hall–Kier alpha value is -2.30. The molecular weight excluding hydrogens is 266 g/mol. The number of aromatic nitrogens is 2. The van der Waals surface area contributed by atoms with E-state index in [1.165, 1.54) is 4.68 Å². The molecule has 1 heterocycles. The second-order valence-corrected chi connectivity index (χ2v) is 5.12. The normalized spacial score (nSPS) is 10.6. The summed E-state index contributed by atoms with van der Waals surface area (Å²) < 4.78 is 7.05. The summed E-state index contributed by atoms with van der Waals surface area (Å²) in [4.78, 5) is 11.9. The van der Waals surface area contributed by atoms with E-state index in [4.69, 9.17) is 4.74 Å². The number of nitrogens with one attached hydrogen (secondary N) is 1. The molecular formula is C16H21N3O2. The predicted molar refractivity (Wildman–Crippen MR) is 83.8 cm³/mol. The molecule has 0 saturated carbocycles. The van der Waals surface area contributed by atoms with Gasteiger partial charge in [0.05, 0.1) is 18.5 Å². The third-order valence-electron chi connectivity index (χ3n) is 2.85. The first-order valence-corrected chi connectivity index (χ1v) is 7.17. The molecule has 0 aliphatic heterocycles. The van der Waals surface area contributed by atoms with Gasteiger partial charge in [-0.05, 0) is 26.0 Å². The lowest BCUT2D eigenvalue weighted by molar-refractivity contribution is 0.297. The summed E-state index contributed by atoms with van der Waals surface area (Å²) >= 11 is 0. The second-order valence-electron chi connectivity index (χ2n) is 5.12. The molecule has 0 aliphatic rings. The molecule has 0 radical (unpaired) electrons. The molecule has 0 unspecified atom stereocenters. The second kappa shape index (κ2) is 7.47. The van der Waals surface area contributed by atoms with Crippen molar-refractivity contribution in [3.63, 3.8) is 0 Å². The van der Waals surface area contributed by atoms with Crippen LogP contribution in [0.25, 0.3) is 0 Å². The summed E-state index contributed by atoms with van der Waals surface area (Å²) in [6.45, 7) is 5.15. The summed E-state index contributed by atoms with van der Waals surface area (Å²) in [6, 6.07) is 11.5. The Balaban J connectivity index is 1.82. The third-order valence-corrected chi connectivity index (χ3v) is 2.85. The van der Waals surface area contributed by atoms with Crippen molar-refractivity contribution in [3.05, 3.63) is 52.9 Å². The maximum Gasteiger partial charge on any atom is 0.268 e. The van der Waals surface area contributed by atoms with Crippen LogP contribution in [-0.2, 0) is 6.54 Å². The third kappa shape index (κ3) is 4.95. The largest absolute Gasteiger partial charge is 0.494 e. The fourth-order valence-electron chi connectivity index (χ4n) is 1.93. The predicted octanol–water partition coefficient (Wildman–Crippen LogP) is 2.53. The molecule has 0 bridgehead atoms. The average Bonchev–Trinajstić information content (AvgIpc) is 2.46. The van der Waals surface area contributed by atoms with Crippen molar-refractivity contribution in [1.82, 2.24) is 9.78 Å². The monoisotopic (exact) mass is 287 g/mol. The van der Waals surface area contributed by atoms with Crippen molar-refractivity contribution < 1.29 is 4.74 Å². The molecule has 0 fully saturated rings. The highest BCUT2D eigenvalue weighted by molar-refractivity contribution is 5.39. The minimum Gasteiger partial charge on any atom is -0.494 e. The Morgan fingerprint density at radius 2 is 2.05 bits per heavy atom. The van der Waals surface area contributed by atoms with Crippen LogP contribution in [0, 0.1) is 0 Å². The molecule has 1 aromatic heterocycles. The first-order chi connectivity index (χ1) is 10.1. The van der Waals surface area contributed by atoms with E-state index in [-0.39, 0.29) is 11.6 Å². The molecule has 1 N–H and O–H groups in total. The van der Waals surface area contributed by atoms with Gasteiger partial charge < -0.3 is 10.1 Å². The van der Waals surface area contributed by atoms with Gasteiger partial charge in [0.1, 0.15) is 5.75 Å². The zero-order valence-corrected chi connectivity index (χ0v) is 12.5. The van der Waals surface area contributed by atoms with Gasteiger partial charge in [0, 0.05) is 25.1 Å². The molecule has 0 spiro atoms. The van der Waals surface area contributed by atoms with Gasteiger partial charge >= 0.3 is 0 Å². The van der Waals surface area contributed by atoms with Crippen LogP contribution in [0.2, 0.25) is 0 Å². The summed E-state index contributed by atoms with van der Waals surface area (Å²) in [6.07, 6.45) is 2.41. The van der Waals surface area contributed by atoms with E-state index >= 15 is 0 Å². The number of hydrogen-bond donors (Lipinski definition) is 1. The minimum absolute atomic E-state index is 0.0969. The number of hydrogen-bond acceptors (Lipinski definition) is 4. The number of para-hydroxylation sites is 1. The topological polar surface area (TPSA) is 56.1 Å². The molecule has 2 rings (SSSR count). The highest BCUT2D eigenvalue weighted by Gasteiger charge is 2.01. The van der Waals surface area contributed by atoms with Crippen LogP contribution < -0.4 is 15.6 Å². The van der Waals surface area contributed by atoms with Crippen molar-refractivity contribution in [2.75, 3.05) is 11.9 Å². The van der Waals surface area contributed by atoms with E-state index in [1.807, 2.05) is 44.2 Å². The Morgan fingerprint density at radius 1 is 1.29 bits per heavy atom. The number of ether oxygens (including phenoxy) is 1. The van der Waals surface area contributed by atoms with Crippen molar-refractivity contribution in [3.8, 4) is 5.75 Å². The van der Waals surface area contributed by atoms with Gasteiger partial charge in [-0.2, -0.15) is 5.10 Å². The molecule has 5 nitrogen and oxygen atoms in total. The zero-order chi connectivity index (χ0) is 15.1. The Morgan fingerprint density at radius 3 is 2.71 bits per heavy atom. The van der Waals surface area contributed by atoms with Gasteiger partial charge in [0.2, 0.25) is 0 Å². The Kier molecular flexibility index (Phi) is 5.37. The molecule has 1 aromatic carbocycles. The van der Waals surface area contributed by atoms with Crippen LogP contribution in [0.3, 0.4) is 0 Å². The number of nitrogens with zero attached hydrogens (tertiary/aromatic N) is 2. The van der Waals surface area contributed by atoms with Crippen LogP contribution in [0.15, 0.2) is 47.4 Å². The minimum atomic E-state index is -0.0969. The number of aryl methyl sites for hydroxylation is 1. The Labute approximate surface area is 124 Å². The highest BCUT2D eigenvalue weighted by Crippen LogP contribution is 2.08. The summed E-state index contributed by atoms with van der Waals surface area (Å²) in [5.74, 6) is 0.842.